The zero-order valence-electron chi connectivity index (χ0n) is 25.1. The number of amides is 1. The van der Waals surface area contributed by atoms with Crippen molar-refractivity contribution in [2.45, 2.75) is 63.0 Å². The maximum atomic E-state index is 14.2. The van der Waals surface area contributed by atoms with E-state index in [-0.39, 0.29) is 34.5 Å². The fourth-order valence-corrected chi connectivity index (χ4v) is 8.93. The molecule has 0 aliphatic carbocycles. The summed E-state index contributed by atoms with van der Waals surface area (Å²) >= 11 is 1.19. The molecule has 10 nitrogen and oxygen atoms in total. The van der Waals surface area contributed by atoms with Gasteiger partial charge in [0.25, 0.3) is 5.91 Å². The topological polar surface area (TPSA) is 117 Å². The fraction of sp³-hybridized carbons (Fsp3) is 0.500. The normalized spacial score (nSPS) is 22.5. The molecule has 3 aromatic rings. The van der Waals surface area contributed by atoms with Crippen molar-refractivity contribution in [1.29, 1.82) is 0 Å². The van der Waals surface area contributed by atoms with E-state index in [1.165, 1.54) is 15.6 Å². The molecule has 1 aromatic carbocycles. The minimum Gasteiger partial charge on any atom is -0.497 e. The number of methoxy groups -OCH3 is 1. The first kappa shape index (κ1) is 31.7. The van der Waals surface area contributed by atoms with Crippen LogP contribution in [0.2, 0.25) is 0 Å². The minimum atomic E-state index is -4.70. The molecule has 0 spiro atoms. The average Bonchev–Trinajstić information content (AvgIpc) is 3.67. The Morgan fingerprint density at radius 3 is 2.49 bits per heavy atom. The standard InChI is InChI=1S/C30H35F3N6O4S2/c1-4-29-14-20(34-15-18-5-7-21(43-2)8-6-18)17-39(29)27(40)22-13-24(44-26(22)29)25-23(30(31,32)33)16-35-28(37-25)36-19-9-11-38(12-10-19)45(3,41)42/h5-8,13,16,19-20,34H,4,9-12,14-15,17H2,1-3H3,(H,35,36,37). The van der Waals surface area contributed by atoms with Gasteiger partial charge in [0.1, 0.15) is 11.3 Å². The van der Waals surface area contributed by atoms with Gasteiger partial charge in [-0.25, -0.2) is 22.7 Å². The van der Waals surface area contributed by atoms with E-state index < -0.39 is 27.3 Å². The van der Waals surface area contributed by atoms with Crippen LogP contribution in [-0.2, 0) is 28.3 Å². The maximum Gasteiger partial charge on any atom is 0.420 e. The number of thiophene rings is 1. The predicted octanol–water partition coefficient (Wildman–Crippen LogP) is 4.69. The molecule has 5 heterocycles. The Kier molecular flexibility index (Phi) is 8.33. The number of alkyl halides is 3. The molecule has 1 amide bonds. The molecule has 2 saturated heterocycles. The molecule has 0 saturated carbocycles. The van der Waals surface area contributed by atoms with Crippen LogP contribution >= 0.6 is 11.3 Å². The summed E-state index contributed by atoms with van der Waals surface area (Å²) in [7, 11) is -1.70. The van der Waals surface area contributed by atoms with E-state index in [1.54, 1.807) is 13.2 Å². The number of ether oxygens (including phenoxy) is 1. The Balaban J connectivity index is 1.24. The number of benzene rings is 1. The Bertz CT molecular complexity index is 1690. The lowest BCUT2D eigenvalue weighted by atomic mass is 9.91. The van der Waals surface area contributed by atoms with E-state index in [0.29, 0.717) is 57.4 Å². The van der Waals surface area contributed by atoms with Crippen LogP contribution in [-0.4, -0.2) is 78.6 Å². The quantitative estimate of drug-likeness (QED) is 0.339. The Morgan fingerprint density at radius 2 is 1.87 bits per heavy atom. The van der Waals surface area contributed by atoms with Gasteiger partial charge in [-0.1, -0.05) is 19.1 Å². The first-order valence-electron chi connectivity index (χ1n) is 14.8. The lowest BCUT2D eigenvalue weighted by Crippen LogP contribution is -2.42. The van der Waals surface area contributed by atoms with Crippen molar-refractivity contribution < 1.29 is 31.1 Å². The van der Waals surface area contributed by atoms with Gasteiger partial charge in [0.05, 0.1) is 35.0 Å². The van der Waals surface area contributed by atoms with Gasteiger partial charge in [-0.2, -0.15) is 13.2 Å². The van der Waals surface area contributed by atoms with Crippen molar-refractivity contribution in [2.75, 3.05) is 38.3 Å². The van der Waals surface area contributed by atoms with E-state index in [1.807, 2.05) is 36.1 Å². The summed E-state index contributed by atoms with van der Waals surface area (Å²) in [6, 6.07) is 9.12. The third kappa shape index (κ3) is 6.02. The van der Waals surface area contributed by atoms with Crippen LogP contribution in [0.25, 0.3) is 10.6 Å². The van der Waals surface area contributed by atoms with Gasteiger partial charge in [0.15, 0.2) is 0 Å². The van der Waals surface area contributed by atoms with Crippen LogP contribution in [0.3, 0.4) is 0 Å². The number of fused-ring (bicyclic) bond motifs is 3. The van der Waals surface area contributed by atoms with Gasteiger partial charge in [0, 0.05) is 49.3 Å². The van der Waals surface area contributed by atoms with Crippen LogP contribution in [0.1, 0.15) is 59.0 Å². The highest BCUT2D eigenvalue weighted by Gasteiger charge is 2.55. The monoisotopic (exact) mass is 664 g/mol. The van der Waals surface area contributed by atoms with Crippen molar-refractivity contribution >= 4 is 33.2 Å². The number of piperidine rings is 1. The second-order valence-electron chi connectivity index (χ2n) is 11.8. The van der Waals surface area contributed by atoms with Crippen LogP contribution in [0.4, 0.5) is 19.1 Å². The zero-order chi connectivity index (χ0) is 32.1. The van der Waals surface area contributed by atoms with Crippen molar-refractivity contribution in [3.63, 3.8) is 0 Å². The van der Waals surface area contributed by atoms with E-state index in [0.717, 1.165) is 28.6 Å². The second-order valence-corrected chi connectivity index (χ2v) is 14.9. The van der Waals surface area contributed by atoms with Gasteiger partial charge < -0.3 is 20.3 Å². The zero-order valence-corrected chi connectivity index (χ0v) is 26.8. The molecule has 3 aliphatic rings. The Hall–Kier alpha value is -3.27. The summed E-state index contributed by atoms with van der Waals surface area (Å²) in [5, 5.41) is 6.65. The van der Waals surface area contributed by atoms with Crippen LogP contribution in [0.5, 0.6) is 5.75 Å². The Morgan fingerprint density at radius 1 is 1.16 bits per heavy atom. The molecule has 2 unspecified atom stereocenters. The molecule has 2 atom stereocenters. The van der Waals surface area contributed by atoms with Crippen LogP contribution < -0.4 is 15.4 Å². The van der Waals surface area contributed by atoms with E-state index in [4.69, 9.17) is 4.74 Å². The SMILES string of the molecule is CCC12CC(NCc3ccc(OC)cc3)CN1C(=O)c1cc(-c3nc(NC4CCN(S(C)(=O)=O)CC4)ncc3C(F)(F)F)sc12. The lowest BCUT2D eigenvalue weighted by Gasteiger charge is -2.31. The number of hydrogen-bond acceptors (Lipinski definition) is 9. The first-order valence-corrected chi connectivity index (χ1v) is 17.5. The number of anilines is 1. The molecule has 45 heavy (non-hydrogen) atoms. The van der Waals surface area contributed by atoms with E-state index in [9.17, 15) is 26.4 Å². The number of hydrogen-bond donors (Lipinski definition) is 2. The third-order valence-corrected chi connectivity index (χ3v) is 11.7. The molecular formula is C30H35F3N6O4S2. The number of sulfonamides is 1. The number of nitrogens with one attached hydrogen (secondary N) is 2. The molecule has 15 heteroatoms. The first-order chi connectivity index (χ1) is 21.3. The molecule has 0 radical (unpaired) electrons. The molecule has 242 valence electrons. The highest BCUT2D eigenvalue weighted by molar-refractivity contribution is 7.88. The summed E-state index contributed by atoms with van der Waals surface area (Å²) in [5.74, 6) is 0.625. The van der Waals surface area contributed by atoms with E-state index in [2.05, 4.69) is 20.6 Å². The van der Waals surface area contributed by atoms with Crippen LogP contribution in [0.15, 0.2) is 36.5 Å². The highest BCUT2D eigenvalue weighted by atomic mass is 32.2. The van der Waals surface area contributed by atoms with Gasteiger partial charge in [-0.05, 0) is 49.4 Å². The van der Waals surface area contributed by atoms with Gasteiger partial charge in [0.2, 0.25) is 16.0 Å². The minimum absolute atomic E-state index is 0.0180. The van der Waals surface area contributed by atoms with Crippen molar-refractivity contribution in [1.82, 2.24) is 24.5 Å². The molecule has 3 aliphatic heterocycles. The largest absolute Gasteiger partial charge is 0.497 e. The number of aromatic nitrogens is 2. The second kappa shape index (κ2) is 11.8. The molecular weight excluding hydrogens is 629 g/mol. The number of carbonyl (C=O) groups excluding carboxylic acids is 1. The molecule has 2 fully saturated rings. The summed E-state index contributed by atoms with van der Waals surface area (Å²) in [5.41, 5.74) is -0.342. The molecule has 2 aromatic heterocycles. The molecule has 0 bridgehead atoms. The smallest absolute Gasteiger partial charge is 0.420 e. The predicted molar refractivity (Wildman–Crippen MR) is 165 cm³/mol. The number of nitrogens with zero attached hydrogens (tertiary/aromatic N) is 4. The average molecular weight is 665 g/mol. The summed E-state index contributed by atoms with van der Waals surface area (Å²) in [6.45, 7) is 3.72. The summed E-state index contributed by atoms with van der Waals surface area (Å²) in [6.07, 6.45) is -0.560. The van der Waals surface area contributed by atoms with Gasteiger partial charge in [-0.3, -0.25) is 4.79 Å². The lowest BCUT2D eigenvalue weighted by molar-refractivity contribution is -0.137. The number of halogens is 3. The summed E-state index contributed by atoms with van der Waals surface area (Å²) in [4.78, 5) is 24.8. The van der Waals surface area contributed by atoms with Gasteiger partial charge in [-0.15, -0.1) is 11.3 Å². The van der Waals surface area contributed by atoms with Gasteiger partial charge >= 0.3 is 6.18 Å². The highest BCUT2D eigenvalue weighted by Crippen LogP contribution is 2.54. The van der Waals surface area contributed by atoms with Crippen LogP contribution in [0, 0.1) is 0 Å². The number of rotatable bonds is 9. The van der Waals surface area contributed by atoms with Crippen molar-refractivity contribution in [3.05, 3.63) is 58.1 Å². The molecule has 2 N–H and O–H groups in total. The molecule has 6 rings (SSSR count). The summed E-state index contributed by atoms with van der Waals surface area (Å²) < 4.78 is 72.9. The fourth-order valence-electron chi connectivity index (χ4n) is 6.63. The third-order valence-electron chi connectivity index (χ3n) is 9.06. The van der Waals surface area contributed by atoms with E-state index >= 15 is 0 Å². The maximum absolute atomic E-state index is 14.2. The number of carbonyl (C=O) groups is 1. The Labute approximate surface area is 264 Å². The van der Waals surface area contributed by atoms with Crippen molar-refractivity contribution in [2.24, 2.45) is 0 Å². The van der Waals surface area contributed by atoms with Crippen molar-refractivity contribution in [3.8, 4) is 16.3 Å².